The van der Waals surface area contributed by atoms with E-state index in [1.54, 1.807) is 7.11 Å². The molecule has 4 heteroatoms. The number of H-pyrrole nitrogens is 1. The number of aromatic nitrogens is 1. The topological polar surface area (TPSA) is 45.3 Å². The molecule has 1 N–H and O–H groups in total. The molecule has 4 bridgehead atoms. The average molecular weight is 338 g/mol. The fourth-order valence-electron chi connectivity index (χ4n) is 6.27. The van der Waals surface area contributed by atoms with Crippen LogP contribution >= 0.6 is 0 Å². The van der Waals surface area contributed by atoms with E-state index in [0.29, 0.717) is 11.8 Å². The second kappa shape index (κ2) is 5.34. The van der Waals surface area contributed by atoms with Gasteiger partial charge in [0.25, 0.3) is 0 Å². The van der Waals surface area contributed by atoms with Crippen LogP contribution in [-0.2, 0) is 21.4 Å². The minimum absolute atomic E-state index is 0.0416. The summed E-state index contributed by atoms with van der Waals surface area (Å²) in [7, 11) is 1.55. The largest absolute Gasteiger partial charge is 0.468 e. The van der Waals surface area contributed by atoms with Gasteiger partial charge >= 0.3 is 5.97 Å². The van der Waals surface area contributed by atoms with Crippen LogP contribution in [0.1, 0.15) is 37.4 Å². The average Bonchev–Trinajstić information content (AvgIpc) is 3.00. The van der Waals surface area contributed by atoms with Crippen molar-refractivity contribution in [2.75, 3.05) is 20.2 Å². The molecular formula is C21H26N2O2. The van der Waals surface area contributed by atoms with Crippen LogP contribution in [0.15, 0.2) is 24.3 Å². The molecule has 25 heavy (non-hydrogen) atoms. The Kier molecular flexibility index (Phi) is 3.30. The van der Waals surface area contributed by atoms with Crippen molar-refractivity contribution < 1.29 is 9.53 Å². The molecule has 2 aromatic rings. The predicted octanol–water partition coefficient (Wildman–Crippen LogP) is 3.26. The minimum atomic E-state index is -0.526. The molecule has 2 saturated heterocycles. The van der Waals surface area contributed by atoms with E-state index in [4.69, 9.17) is 4.74 Å². The monoisotopic (exact) mass is 338 g/mol. The third-order valence-corrected chi connectivity index (χ3v) is 7.07. The van der Waals surface area contributed by atoms with Gasteiger partial charge in [0, 0.05) is 35.7 Å². The van der Waals surface area contributed by atoms with Gasteiger partial charge in [0.1, 0.15) is 5.41 Å². The zero-order chi connectivity index (χ0) is 17.2. The summed E-state index contributed by atoms with van der Waals surface area (Å²) >= 11 is 0. The van der Waals surface area contributed by atoms with Crippen molar-refractivity contribution in [1.82, 2.24) is 9.88 Å². The number of hydrogen-bond donors (Lipinski definition) is 1. The van der Waals surface area contributed by atoms with Crippen LogP contribution in [-0.4, -0.2) is 42.1 Å². The Hall–Kier alpha value is -1.81. The van der Waals surface area contributed by atoms with Crippen LogP contribution in [0, 0.1) is 11.8 Å². The van der Waals surface area contributed by atoms with Crippen molar-refractivity contribution in [2.45, 2.75) is 44.1 Å². The first-order valence-electron chi connectivity index (χ1n) is 9.61. The van der Waals surface area contributed by atoms with Crippen LogP contribution in [0.4, 0.5) is 0 Å². The Morgan fingerprint density at radius 3 is 3.04 bits per heavy atom. The van der Waals surface area contributed by atoms with Crippen molar-refractivity contribution in [3.63, 3.8) is 0 Å². The quantitative estimate of drug-likeness (QED) is 0.855. The zero-order valence-corrected chi connectivity index (χ0v) is 15.0. The van der Waals surface area contributed by atoms with Crippen molar-refractivity contribution >= 4 is 16.9 Å². The van der Waals surface area contributed by atoms with Crippen LogP contribution in [0.3, 0.4) is 0 Å². The van der Waals surface area contributed by atoms with Crippen molar-refractivity contribution in [1.29, 1.82) is 0 Å². The van der Waals surface area contributed by atoms with Gasteiger partial charge in [-0.15, -0.1) is 0 Å². The number of nitrogens with one attached hydrogen (secondary N) is 1. The van der Waals surface area contributed by atoms with Gasteiger partial charge in [-0.05, 0) is 42.7 Å². The van der Waals surface area contributed by atoms with Crippen molar-refractivity contribution in [3.8, 4) is 0 Å². The van der Waals surface area contributed by atoms with Crippen LogP contribution in [0.2, 0.25) is 0 Å². The molecule has 6 rings (SSSR count). The van der Waals surface area contributed by atoms with Gasteiger partial charge in [-0.2, -0.15) is 0 Å². The lowest BCUT2D eigenvalue weighted by Gasteiger charge is -2.57. The van der Waals surface area contributed by atoms with Gasteiger partial charge in [-0.3, -0.25) is 9.69 Å². The smallest absolute Gasteiger partial charge is 0.319 e. The lowest BCUT2D eigenvalue weighted by atomic mass is 9.56. The lowest BCUT2D eigenvalue weighted by molar-refractivity contribution is -0.162. The second-order valence-corrected chi connectivity index (χ2v) is 8.15. The number of hydrogen-bond acceptors (Lipinski definition) is 3. The first-order chi connectivity index (χ1) is 12.2. The standard InChI is InChI=1S/C21H26N2O2/c1-3-14-10-13-11-21(20(24)25-2)18-16(8-9-23(12-13)19(14)21)15-6-4-5-7-17(15)22-18/h4-7,13-14,19,22H,3,8-12H2,1-2H3/t13-,14?,19-,21-/m1/s1. The van der Waals surface area contributed by atoms with E-state index < -0.39 is 5.41 Å². The summed E-state index contributed by atoms with van der Waals surface area (Å²) in [6, 6.07) is 8.75. The summed E-state index contributed by atoms with van der Waals surface area (Å²) < 4.78 is 5.43. The van der Waals surface area contributed by atoms with Gasteiger partial charge in [-0.1, -0.05) is 31.5 Å². The van der Waals surface area contributed by atoms with E-state index in [1.165, 1.54) is 17.4 Å². The summed E-state index contributed by atoms with van der Waals surface area (Å²) in [5.74, 6) is 1.12. The number of para-hydroxylation sites is 1. The fourth-order valence-corrected chi connectivity index (χ4v) is 6.27. The SMILES string of the molecule is CCC1C[C@H]2CN3CCc4c([nH]c5ccccc45)[C@](C(=O)OC)(C2)[C@@H]13. The second-order valence-electron chi connectivity index (χ2n) is 8.15. The Balaban J connectivity index is 1.81. The van der Waals surface area contributed by atoms with Gasteiger partial charge in [0.2, 0.25) is 0 Å². The molecule has 4 nitrogen and oxygen atoms in total. The Bertz CT molecular complexity index is 842. The number of esters is 1. The third-order valence-electron chi connectivity index (χ3n) is 7.07. The lowest BCUT2D eigenvalue weighted by Crippen LogP contribution is -2.67. The van der Waals surface area contributed by atoms with E-state index in [-0.39, 0.29) is 12.0 Å². The molecule has 1 aliphatic carbocycles. The van der Waals surface area contributed by atoms with E-state index in [1.807, 2.05) is 0 Å². The van der Waals surface area contributed by atoms with E-state index >= 15 is 0 Å². The van der Waals surface area contributed by atoms with Gasteiger partial charge in [0.15, 0.2) is 0 Å². The predicted molar refractivity (Wildman–Crippen MR) is 97.6 cm³/mol. The van der Waals surface area contributed by atoms with E-state index in [9.17, 15) is 4.79 Å². The van der Waals surface area contributed by atoms with Crippen molar-refractivity contribution in [3.05, 3.63) is 35.5 Å². The van der Waals surface area contributed by atoms with Crippen molar-refractivity contribution in [2.24, 2.45) is 11.8 Å². The zero-order valence-electron chi connectivity index (χ0n) is 15.0. The number of nitrogens with zero attached hydrogens (tertiary/aromatic N) is 1. The molecule has 1 aromatic heterocycles. The number of rotatable bonds is 2. The maximum Gasteiger partial charge on any atom is 0.319 e. The molecule has 2 unspecified atom stereocenters. The summed E-state index contributed by atoms with van der Waals surface area (Å²) in [5.41, 5.74) is 3.11. The number of ether oxygens (including phenoxy) is 1. The Morgan fingerprint density at radius 1 is 1.40 bits per heavy atom. The van der Waals surface area contributed by atoms with Gasteiger partial charge in [0.05, 0.1) is 7.11 Å². The number of piperidine rings is 2. The summed E-state index contributed by atoms with van der Waals surface area (Å²) in [6.07, 6.45) is 4.33. The highest BCUT2D eigenvalue weighted by molar-refractivity contribution is 5.91. The summed E-state index contributed by atoms with van der Waals surface area (Å²) in [4.78, 5) is 19.5. The number of carbonyl (C=O) groups excluding carboxylic acids is 1. The first-order valence-corrected chi connectivity index (χ1v) is 9.61. The summed E-state index contributed by atoms with van der Waals surface area (Å²) in [6.45, 7) is 4.46. The molecule has 132 valence electrons. The van der Waals surface area contributed by atoms with E-state index in [2.05, 4.69) is 41.1 Å². The fraction of sp³-hybridized carbons (Fsp3) is 0.571. The molecule has 4 aliphatic rings. The number of carbonyl (C=O) groups is 1. The van der Waals surface area contributed by atoms with Gasteiger partial charge in [-0.25, -0.2) is 0 Å². The van der Waals surface area contributed by atoms with E-state index in [0.717, 1.165) is 43.6 Å². The molecule has 3 aliphatic heterocycles. The molecule has 1 aromatic carbocycles. The first kappa shape index (κ1) is 15.4. The third kappa shape index (κ3) is 1.89. The number of aromatic amines is 1. The van der Waals surface area contributed by atoms with Crippen LogP contribution < -0.4 is 0 Å². The Labute approximate surface area is 148 Å². The molecule has 3 fully saturated rings. The van der Waals surface area contributed by atoms with Crippen LogP contribution in [0.25, 0.3) is 10.9 Å². The Morgan fingerprint density at radius 2 is 2.24 bits per heavy atom. The number of fused-ring (bicyclic) bond motifs is 4. The van der Waals surface area contributed by atoms with Crippen LogP contribution in [0.5, 0.6) is 0 Å². The normalized spacial score (nSPS) is 36.1. The molecule has 0 amide bonds. The molecule has 0 spiro atoms. The minimum Gasteiger partial charge on any atom is -0.468 e. The highest BCUT2D eigenvalue weighted by Gasteiger charge is 2.62. The molecular weight excluding hydrogens is 312 g/mol. The maximum absolute atomic E-state index is 13.3. The highest BCUT2D eigenvalue weighted by Crippen LogP contribution is 2.55. The maximum atomic E-state index is 13.3. The number of methoxy groups -OCH3 is 1. The highest BCUT2D eigenvalue weighted by atomic mass is 16.5. The van der Waals surface area contributed by atoms with Gasteiger partial charge < -0.3 is 9.72 Å². The molecule has 1 saturated carbocycles. The molecule has 0 radical (unpaired) electrons. The summed E-state index contributed by atoms with van der Waals surface area (Å²) in [5, 5.41) is 1.28. The molecule has 4 heterocycles. The number of benzene rings is 1. The molecule has 5 atom stereocenters.